The molecule has 0 unspecified atom stereocenters. The Kier molecular flexibility index (Phi) is 3.86. The maximum atomic E-state index is 6.08. The summed E-state index contributed by atoms with van der Waals surface area (Å²) in [5, 5.41) is 0.915. The van der Waals surface area contributed by atoms with Gasteiger partial charge in [-0.3, -0.25) is 0 Å². The van der Waals surface area contributed by atoms with E-state index < -0.39 is 0 Å². The third-order valence-corrected chi connectivity index (χ3v) is 4.03. The number of hydrogen-bond donors (Lipinski definition) is 1. The highest BCUT2D eigenvalue weighted by Crippen LogP contribution is 2.25. The smallest absolute Gasteiger partial charge is 0.228 e. The fourth-order valence-electron chi connectivity index (χ4n) is 2.90. The van der Waals surface area contributed by atoms with Crippen LogP contribution in [0.25, 0.3) is 10.9 Å². The maximum absolute atomic E-state index is 6.08. The number of halogens is 1. The van der Waals surface area contributed by atoms with Gasteiger partial charge in [0.15, 0.2) is 0 Å². The van der Waals surface area contributed by atoms with Crippen LogP contribution < -0.4 is 10.6 Å². The second kappa shape index (κ2) is 5.81. The number of hydrogen-bond acceptors (Lipinski definition) is 4. The molecular weight excluding hydrogens is 296 g/mol. The minimum absolute atomic E-state index is 0. The number of anilines is 2. The summed E-state index contributed by atoms with van der Waals surface area (Å²) < 4.78 is 0. The Bertz CT molecular complexity index is 819. The second-order valence-corrected chi connectivity index (χ2v) is 5.37. The molecule has 1 aliphatic heterocycles. The molecule has 3 aromatic rings. The van der Waals surface area contributed by atoms with E-state index in [1.54, 1.807) is 0 Å². The van der Waals surface area contributed by atoms with Crippen molar-refractivity contribution in [1.29, 1.82) is 0 Å². The fourth-order valence-corrected chi connectivity index (χ4v) is 2.90. The molecule has 0 aliphatic carbocycles. The maximum Gasteiger partial charge on any atom is 0.228 e. The number of nitrogens with zero attached hydrogens (tertiary/aromatic N) is 3. The number of aromatic nitrogens is 2. The third-order valence-electron chi connectivity index (χ3n) is 4.03. The zero-order valence-electron chi connectivity index (χ0n) is 12.1. The van der Waals surface area contributed by atoms with E-state index in [0.717, 1.165) is 36.4 Å². The van der Waals surface area contributed by atoms with E-state index in [-0.39, 0.29) is 12.4 Å². The van der Waals surface area contributed by atoms with Gasteiger partial charge in [-0.25, -0.2) is 4.98 Å². The predicted molar refractivity (Wildman–Crippen MR) is 92.4 cm³/mol. The highest BCUT2D eigenvalue weighted by Gasteiger charge is 2.19. The lowest BCUT2D eigenvalue weighted by Crippen LogP contribution is -2.31. The van der Waals surface area contributed by atoms with E-state index in [1.807, 2.05) is 24.3 Å². The fraction of sp³-hybridized carbons (Fsp3) is 0.176. The Balaban J connectivity index is 0.00000144. The number of fused-ring (bicyclic) bond motifs is 2. The molecule has 1 aliphatic rings. The largest absolute Gasteiger partial charge is 0.383 e. The Labute approximate surface area is 135 Å². The van der Waals surface area contributed by atoms with Crippen molar-refractivity contribution in [3.05, 3.63) is 59.7 Å². The van der Waals surface area contributed by atoms with Crippen molar-refractivity contribution in [3.8, 4) is 0 Å². The van der Waals surface area contributed by atoms with Crippen molar-refractivity contribution < 1.29 is 0 Å². The van der Waals surface area contributed by atoms with Crippen LogP contribution >= 0.6 is 12.4 Å². The molecule has 0 atom stereocenters. The van der Waals surface area contributed by atoms with E-state index in [4.69, 9.17) is 5.73 Å². The van der Waals surface area contributed by atoms with Gasteiger partial charge in [0.1, 0.15) is 5.82 Å². The molecule has 4 nitrogen and oxygen atoms in total. The monoisotopic (exact) mass is 312 g/mol. The van der Waals surface area contributed by atoms with Gasteiger partial charge in [0.25, 0.3) is 0 Å². The Morgan fingerprint density at radius 2 is 1.64 bits per heavy atom. The molecule has 1 aromatic heterocycles. The molecule has 0 bridgehead atoms. The zero-order valence-corrected chi connectivity index (χ0v) is 12.9. The molecule has 112 valence electrons. The van der Waals surface area contributed by atoms with E-state index >= 15 is 0 Å². The molecule has 22 heavy (non-hydrogen) atoms. The lowest BCUT2D eigenvalue weighted by Gasteiger charge is -2.29. The number of benzene rings is 2. The minimum Gasteiger partial charge on any atom is -0.383 e. The van der Waals surface area contributed by atoms with Gasteiger partial charge in [-0.15, -0.1) is 12.4 Å². The first-order valence-electron chi connectivity index (χ1n) is 7.15. The number of nitrogen functional groups attached to an aromatic ring is 1. The normalized spacial score (nSPS) is 13.5. The van der Waals surface area contributed by atoms with Gasteiger partial charge >= 0.3 is 0 Å². The molecule has 2 aromatic carbocycles. The van der Waals surface area contributed by atoms with Crippen LogP contribution in [0.1, 0.15) is 11.1 Å². The highest BCUT2D eigenvalue weighted by atomic mass is 35.5. The van der Waals surface area contributed by atoms with Gasteiger partial charge < -0.3 is 10.6 Å². The molecule has 4 rings (SSSR count). The predicted octanol–water partition coefficient (Wildman–Crippen LogP) is 3.20. The SMILES string of the molecule is Cl.Nc1nc(N2CCc3ccccc3C2)nc2ccccc12. The topological polar surface area (TPSA) is 55.0 Å². The lowest BCUT2D eigenvalue weighted by atomic mass is 10.0. The minimum atomic E-state index is 0. The molecule has 0 saturated heterocycles. The van der Waals surface area contributed by atoms with Crippen molar-refractivity contribution in [2.75, 3.05) is 17.2 Å². The number of rotatable bonds is 1. The Morgan fingerprint density at radius 3 is 2.50 bits per heavy atom. The first-order valence-corrected chi connectivity index (χ1v) is 7.15. The summed E-state index contributed by atoms with van der Waals surface area (Å²) in [5.41, 5.74) is 9.75. The lowest BCUT2D eigenvalue weighted by molar-refractivity contribution is 0.710. The van der Waals surface area contributed by atoms with E-state index in [0.29, 0.717) is 5.82 Å². The van der Waals surface area contributed by atoms with E-state index in [2.05, 4.69) is 39.1 Å². The standard InChI is InChI=1S/C17H16N4.ClH/c18-16-14-7-3-4-8-15(14)19-17(20-16)21-10-9-12-5-1-2-6-13(12)11-21;/h1-8H,9-11H2,(H2,18,19,20);1H. The summed E-state index contributed by atoms with van der Waals surface area (Å²) in [4.78, 5) is 11.4. The molecule has 0 fully saturated rings. The van der Waals surface area contributed by atoms with Crippen LogP contribution in [-0.2, 0) is 13.0 Å². The van der Waals surface area contributed by atoms with Crippen LogP contribution in [0.15, 0.2) is 48.5 Å². The average molecular weight is 313 g/mol. The molecule has 0 radical (unpaired) electrons. The van der Waals surface area contributed by atoms with Crippen LogP contribution in [0.3, 0.4) is 0 Å². The van der Waals surface area contributed by atoms with Crippen molar-refractivity contribution in [1.82, 2.24) is 9.97 Å². The Hall–Kier alpha value is -2.33. The van der Waals surface area contributed by atoms with Gasteiger partial charge in [-0.05, 0) is 29.7 Å². The van der Waals surface area contributed by atoms with Crippen LogP contribution in [0.5, 0.6) is 0 Å². The summed E-state index contributed by atoms with van der Waals surface area (Å²) in [6, 6.07) is 16.4. The first kappa shape index (κ1) is 14.6. The summed E-state index contributed by atoms with van der Waals surface area (Å²) in [5.74, 6) is 1.27. The summed E-state index contributed by atoms with van der Waals surface area (Å²) in [6.07, 6.45) is 1.02. The number of nitrogens with two attached hydrogens (primary N) is 1. The number of para-hydroxylation sites is 1. The van der Waals surface area contributed by atoms with Crippen molar-refractivity contribution in [3.63, 3.8) is 0 Å². The third kappa shape index (κ3) is 2.46. The molecule has 0 amide bonds. The molecule has 2 heterocycles. The molecular formula is C17H17ClN4. The van der Waals surface area contributed by atoms with Gasteiger partial charge in [0.2, 0.25) is 5.95 Å². The van der Waals surface area contributed by atoms with Crippen LogP contribution in [-0.4, -0.2) is 16.5 Å². The van der Waals surface area contributed by atoms with E-state index in [1.165, 1.54) is 11.1 Å². The van der Waals surface area contributed by atoms with Crippen LogP contribution in [0, 0.1) is 0 Å². The van der Waals surface area contributed by atoms with Crippen molar-refractivity contribution >= 4 is 35.1 Å². The van der Waals surface area contributed by atoms with Crippen molar-refractivity contribution in [2.24, 2.45) is 0 Å². The van der Waals surface area contributed by atoms with Crippen LogP contribution in [0.4, 0.5) is 11.8 Å². The van der Waals surface area contributed by atoms with Gasteiger partial charge in [-0.2, -0.15) is 4.98 Å². The van der Waals surface area contributed by atoms with Gasteiger partial charge in [-0.1, -0.05) is 36.4 Å². The zero-order chi connectivity index (χ0) is 14.2. The summed E-state index contributed by atoms with van der Waals surface area (Å²) in [7, 11) is 0. The highest BCUT2D eigenvalue weighted by molar-refractivity contribution is 5.88. The molecule has 0 spiro atoms. The summed E-state index contributed by atoms with van der Waals surface area (Å²) in [6.45, 7) is 1.77. The van der Waals surface area contributed by atoms with E-state index in [9.17, 15) is 0 Å². The average Bonchev–Trinajstić information content (AvgIpc) is 2.54. The molecule has 5 heteroatoms. The second-order valence-electron chi connectivity index (χ2n) is 5.37. The van der Waals surface area contributed by atoms with Crippen LogP contribution in [0.2, 0.25) is 0 Å². The quantitative estimate of drug-likeness (QED) is 0.749. The molecule has 0 saturated carbocycles. The summed E-state index contributed by atoms with van der Waals surface area (Å²) >= 11 is 0. The van der Waals surface area contributed by atoms with Crippen molar-refractivity contribution in [2.45, 2.75) is 13.0 Å². The molecule has 2 N–H and O–H groups in total. The van der Waals surface area contributed by atoms with Gasteiger partial charge in [0.05, 0.1) is 5.52 Å². The first-order chi connectivity index (χ1) is 10.3. The van der Waals surface area contributed by atoms with Gasteiger partial charge in [0, 0.05) is 18.5 Å². The Morgan fingerprint density at radius 1 is 0.909 bits per heavy atom.